The van der Waals surface area contributed by atoms with E-state index in [-0.39, 0.29) is 41.8 Å². The first-order valence-corrected chi connectivity index (χ1v) is 12.8. The number of amides is 2. The molecule has 0 aromatic heterocycles. The number of phenolic OH excluding ortho intramolecular Hbond substituents is 1. The topological polar surface area (TPSA) is 151 Å². The minimum Gasteiger partial charge on any atom is -0.508 e. The predicted molar refractivity (Wildman–Crippen MR) is 143 cm³/mol. The molecule has 0 radical (unpaired) electrons. The minimum absolute atomic E-state index is 0.0279. The Hall–Kier alpha value is -4.99. The van der Waals surface area contributed by atoms with E-state index in [1.165, 1.54) is 24.3 Å². The second kappa shape index (κ2) is 11.0. The fraction of sp³-hybridized carbons (Fsp3) is 0.233. The molecule has 1 saturated heterocycles. The van der Waals surface area contributed by atoms with Crippen LogP contribution < -0.4 is 5.43 Å². The number of aromatic carboxylic acids is 1. The molecule has 1 aliphatic carbocycles. The van der Waals surface area contributed by atoms with E-state index in [1.54, 1.807) is 24.3 Å². The minimum atomic E-state index is -1.12. The normalized spacial score (nSPS) is 13.3. The van der Waals surface area contributed by atoms with Crippen molar-refractivity contribution < 1.29 is 38.6 Å². The standard InChI is InChI=1S/C30H25NO9/c32-18-7-10-21-24(15-18)39-25-16-19(33)8-11-22(25)29(21)20-9-6-17(14-23(20)30(37)38)4-2-1-3-5-28(36)40-31-26(34)12-13-27(31)35/h6-11,14-16,32H,1-5,12-13H2,(H,37,38). The number of imide groups is 1. The molecule has 10 nitrogen and oxygen atoms in total. The van der Waals surface area contributed by atoms with Crippen molar-refractivity contribution in [3.8, 4) is 28.2 Å². The lowest BCUT2D eigenvalue weighted by Crippen LogP contribution is -2.31. The lowest BCUT2D eigenvalue weighted by molar-refractivity contribution is -0.197. The van der Waals surface area contributed by atoms with Crippen LogP contribution in [0.5, 0.6) is 5.75 Å². The highest BCUT2D eigenvalue weighted by molar-refractivity contribution is 6.07. The van der Waals surface area contributed by atoms with Gasteiger partial charge in [-0.1, -0.05) is 18.6 Å². The van der Waals surface area contributed by atoms with Crippen LogP contribution in [-0.4, -0.2) is 39.0 Å². The maximum atomic E-state index is 12.4. The summed E-state index contributed by atoms with van der Waals surface area (Å²) in [7, 11) is 0. The molecule has 2 aromatic rings. The van der Waals surface area contributed by atoms with Gasteiger partial charge in [0.2, 0.25) is 0 Å². The van der Waals surface area contributed by atoms with E-state index in [9.17, 15) is 34.2 Å². The third-order valence-corrected chi connectivity index (χ3v) is 6.81. The number of carboxylic acid groups (broad SMARTS) is 1. The number of carbonyl (C=O) groups is 4. The molecule has 2 N–H and O–H groups in total. The van der Waals surface area contributed by atoms with E-state index in [2.05, 4.69) is 0 Å². The maximum Gasteiger partial charge on any atom is 0.336 e. The average Bonchev–Trinajstić information content (AvgIpc) is 3.23. The van der Waals surface area contributed by atoms with Gasteiger partial charge < -0.3 is 19.5 Å². The van der Waals surface area contributed by atoms with Gasteiger partial charge in [-0.2, -0.15) is 0 Å². The van der Waals surface area contributed by atoms with Crippen LogP contribution in [0.1, 0.15) is 54.4 Å². The number of nitrogens with zero attached hydrogens (tertiary/aromatic N) is 1. The second-order valence-electron chi connectivity index (χ2n) is 9.61. The number of hydrogen-bond donors (Lipinski definition) is 2. The van der Waals surface area contributed by atoms with Gasteiger partial charge in [-0.3, -0.25) is 14.4 Å². The molecule has 2 amide bonds. The van der Waals surface area contributed by atoms with Gasteiger partial charge in [0, 0.05) is 47.9 Å². The van der Waals surface area contributed by atoms with E-state index in [1.807, 2.05) is 6.07 Å². The molecule has 1 fully saturated rings. The molecule has 0 unspecified atom stereocenters. The largest absolute Gasteiger partial charge is 0.508 e. The van der Waals surface area contributed by atoms with Crippen molar-refractivity contribution in [3.05, 3.63) is 75.9 Å². The number of rotatable bonds is 9. The van der Waals surface area contributed by atoms with Crippen molar-refractivity contribution in [3.63, 3.8) is 0 Å². The molecule has 204 valence electrons. The highest BCUT2D eigenvalue weighted by atomic mass is 16.7. The average molecular weight is 544 g/mol. The summed E-state index contributed by atoms with van der Waals surface area (Å²) in [5, 5.41) is 21.2. The molecule has 0 saturated carbocycles. The van der Waals surface area contributed by atoms with Crippen LogP contribution in [-0.2, 0) is 25.6 Å². The number of benzene rings is 3. The first-order valence-electron chi connectivity index (χ1n) is 12.8. The fourth-order valence-corrected chi connectivity index (χ4v) is 4.87. The number of aryl methyl sites for hydroxylation is 1. The number of aromatic hydroxyl groups is 1. The monoisotopic (exact) mass is 543 g/mol. The summed E-state index contributed by atoms with van der Waals surface area (Å²) < 4.78 is 5.86. The molecule has 2 aliphatic heterocycles. The zero-order chi connectivity index (χ0) is 28.4. The summed E-state index contributed by atoms with van der Waals surface area (Å²) >= 11 is 0. The summed E-state index contributed by atoms with van der Waals surface area (Å²) in [5.41, 5.74) is 2.51. The smallest absolute Gasteiger partial charge is 0.336 e. The summed E-state index contributed by atoms with van der Waals surface area (Å²) in [4.78, 5) is 64.3. The number of carboxylic acids is 1. The molecule has 0 bridgehead atoms. The van der Waals surface area contributed by atoms with Gasteiger partial charge in [0.1, 0.15) is 17.1 Å². The van der Waals surface area contributed by atoms with E-state index in [4.69, 9.17) is 9.25 Å². The maximum absolute atomic E-state index is 12.4. The summed E-state index contributed by atoms with van der Waals surface area (Å²) in [6, 6.07) is 14.0. The number of fused-ring (bicyclic) bond motifs is 2. The summed E-state index contributed by atoms with van der Waals surface area (Å²) in [5.74, 6) is -2.55. The van der Waals surface area contributed by atoms with Crippen molar-refractivity contribution in [1.82, 2.24) is 5.06 Å². The van der Waals surface area contributed by atoms with Crippen molar-refractivity contribution in [1.29, 1.82) is 0 Å². The van der Waals surface area contributed by atoms with Crippen LogP contribution in [0, 0.1) is 0 Å². The van der Waals surface area contributed by atoms with Gasteiger partial charge >= 0.3 is 11.9 Å². The van der Waals surface area contributed by atoms with E-state index >= 15 is 0 Å². The zero-order valence-electron chi connectivity index (χ0n) is 21.3. The van der Waals surface area contributed by atoms with Gasteiger partial charge in [-0.15, -0.1) is 5.06 Å². The summed E-state index contributed by atoms with van der Waals surface area (Å²) in [6.45, 7) is 0. The Morgan fingerprint density at radius 1 is 0.875 bits per heavy atom. The molecule has 2 heterocycles. The Balaban J connectivity index is 1.33. The van der Waals surface area contributed by atoms with Gasteiger partial charge in [0.25, 0.3) is 11.8 Å². The van der Waals surface area contributed by atoms with Crippen LogP contribution in [0.15, 0.2) is 63.8 Å². The van der Waals surface area contributed by atoms with Crippen molar-refractivity contribution >= 4 is 34.7 Å². The number of phenols is 1. The SMILES string of the molecule is O=C(CCCCCc1ccc(-c2c3ccc(=O)cc-3oc3cc(O)ccc23)c(C(=O)O)c1)ON1C(=O)CCC1=O. The van der Waals surface area contributed by atoms with Crippen LogP contribution in [0.2, 0.25) is 0 Å². The number of unbranched alkanes of at least 4 members (excludes halogenated alkanes) is 2. The molecule has 0 spiro atoms. The predicted octanol–water partition coefficient (Wildman–Crippen LogP) is 4.68. The van der Waals surface area contributed by atoms with E-state index in [0.29, 0.717) is 58.4 Å². The quantitative estimate of drug-likeness (QED) is 0.174. The molecule has 10 heteroatoms. The number of carbonyl (C=O) groups excluding carboxylic acids is 3. The molecular formula is C30H25NO9. The highest BCUT2D eigenvalue weighted by Gasteiger charge is 2.32. The third-order valence-electron chi connectivity index (χ3n) is 6.81. The number of hydrogen-bond acceptors (Lipinski definition) is 8. The van der Waals surface area contributed by atoms with E-state index < -0.39 is 23.8 Å². The molecule has 0 atom stereocenters. The Kier molecular flexibility index (Phi) is 7.33. The second-order valence-corrected chi connectivity index (χ2v) is 9.61. The Bertz CT molecular complexity index is 1670. The zero-order valence-corrected chi connectivity index (χ0v) is 21.3. The van der Waals surface area contributed by atoms with Crippen molar-refractivity contribution in [2.75, 3.05) is 0 Å². The first kappa shape index (κ1) is 26.6. The summed E-state index contributed by atoms with van der Waals surface area (Å²) in [6.07, 6.45) is 2.51. The van der Waals surface area contributed by atoms with Crippen LogP contribution in [0.4, 0.5) is 0 Å². The molecule has 2 aromatic carbocycles. The highest BCUT2D eigenvalue weighted by Crippen LogP contribution is 2.42. The lowest BCUT2D eigenvalue weighted by Gasteiger charge is -2.17. The molecule has 3 aliphatic rings. The van der Waals surface area contributed by atoms with Crippen LogP contribution in [0.25, 0.3) is 33.4 Å². The van der Waals surface area contributed by atoms with Gasteiger partial charge in [0.05, 0.1) is 5.56 Å². The van der Waals surface area contributed by atoms with Gasteiger partial charge in [-0.25, -0.2) is 9.59 Å². The van der Waals surface area contributed by atoms with E-state index in [0.717, 1.165) is 5.56 Å². The van der Waals surface area contributed by atoms with Crippen molar-refractivity contribution in [2.24, 2.45) is 0 Å². The van der Waals surface area contributed by atoms with Gasteiger partial charge in [0.15, 0.2) is 5.43 Å². The molecule has 40 heavy (non-hydrogen) atoms. The first-order chi connectivity index (χ1) is 19.2. The Labute approximate surface area is 227 Å². The van der Waals surface area contributed by atoms with Gasteiger partial charge in [-0.05, 0) is 60.7 Å². The third kappa shape index (κ3) is 5.42. The van der Waals surface area contributed by atoms with Crippen molar-refractivity contribution in [2.45, 2.75) is 44.9 Å². The van der Waals surface area contributed by atoms with Crippen LogP contribution in [0.3, 0.4) is 0 Å². The molecule has 5 rings (SSSR count). The molecular weight excluding hydrogens is 518 g/mol. The Morgan fingerprint density at radius 3 is 2.38 bits per heavy atom. The lowest BCUT2D eigenvalue weighted by atomic mass is 9.89. The Morgan fingerprint density at radius 2 is 1.62 bits per heavy atom. The number of hydroxylamine groups is 2. The van der Waals surface area contributed by atoms with Crippen LogP contribution >= 0.6 is 0 Å². The fourth-order valence-electron chi connectivity index (χ4n) is 4.87.